The van der Waals surface area contributed by atoms with Crippen LogP contribution in [0.25, 0.3) is 20.4 Å². The van der Waals surface area contributed by atoms with Gasteiger partial charge in [-0.3, -0.25) is 0 Å². The van der Waals surface area contributed by atoms with Gasteiger partial charge in [-0.1, -0.05) is 20.8 Å². The van der Waals surface area contributed by atoms with Gasteiger partial charge in [0.25, 0.3) is 0 Å². The van der Waals surface area contributed by atoms with Crippen molar-refractivity contribution in [3.8, 4) is 11.5 Å². The standard InChI is InChI=1S/C21H22N2O2S2/c1-10(2)13-6-16-21(12(4)20(13)25)27-19(23-16)5-11(3)14-7-18-15(8-17(14)24)22-9-26-18/h6-11,24-25H,5H2,1-4H3. The fourth-order valence-electron chi connectivity index (χ4n) is 3.49. The molecule has 2 N–H and O–H groups in total. The summed E-state index contributed by atoms with van der Waals surface area (Å²) in [6, 6.07) is 5.79. The molecular weight excluding hydrogens is 376 g/mol. The van der Waals surface area contributed by atoms with Gasteiger partial charge in [0.2, 0.25) is 0 Å². The average Bonchev–Trinajstić information content (AvgIpc) is 3.23. The van der Waals surface area contributed by atoms with E-state index in [4.69, 9.17) is 4.98 Å². The van der Waals surface area contributed by atoms with E-state index >= 15 is 0 Å². The number of fused-ring (bicyclic) bond motifs is 2. The summed E-state index contributed by atoms with van der Waals surface area (Å²) in [5.74, 6) is 1.06. The van der Waals surface area contributed by atoms with Crippen LogP contribution in [0.5, 0.6) is 11.5 Å². The van der Waals surface area contributed by atoms with Crippen molar-refractivity contribution in [2.24, 2.45) is 0 Å². The van der Waals surface area contributed by atoms with Crippen LogP contribution in [0.15, 0.2) is 23.7 Å². The molecule has 0 bridgehead atoms. The van der Waals surface area contributed by atoms with Crippen molar-refractivity contribution in [3.63, 3.8) is 0 Å². The summed E-state index contributed by atoms with van der Waals surface area (Å²) < 4.78 is 2.13. The van der Waals surface area contributed by atoms with Gasteiger partial charge < -0.3 is 10.2 Å². The number of aromatic hydroxyl groups is 2. The van der Waals surface area contributed by atoms with Gasteiger partial charge in [-0.15, -0.1) is 22.7 Å². The third-order valence-corrected chi connectivity index (χ3v) is 7.08. The van der Waals surface area contributed by atoms with Crippen LogP contribution in [-0.4, -0.2) is 20.2 Å². The van der Waals surface area contributed by atoms with Crippen molar-refractivity contribution in [2.75, 3.05) is 0 Å². The Morgan fingerprint density at radius 1 is 1.04 bits per heavy atom. The fraction of sp³-hybridized carbons (Fsp3) is 0.333. The van der Waals surface area contributed by atoms with Crippen LogP contribution in [0.3, 0.4) is 0 Å². The molecule has 2 aromatic carbocycles. The van der Waals surface area contributed by atoms with E-state index in [-0.39, 0.29) is 17.6 Å². The van der Waals surface area contributed by atoms with Gasteiger partial charge in [0.15, 0.2) is 0 Å². The molecule has 0 amide bonds. The minimum atomic E-state index is 0.135. The summed E-state index contributed by atoms with van der Waals surface area (Å²) in [6.07, 6.45) is 0.744. The number of thiazole rings is 2. The average molecular weight is 399 g/mol. The van der Waals surface area contributed by atoms with Crippen LogP contribution in [0.4, 0.5) is 0 Å². The number of hydrogen-bond donors (Lipinski definition) is 2. The number of rotatable bonds is 4. The summed E-state index contributed by atoms with van der Waals surface area (Å²) in [5, 5.41) is 21.9. The molecule has 27 heavy (non-hydrogen) atoms. The molecule has 140 valence electrons. The zero-order valence-corrected chi connectivity index (χ0v) is 17.4. The second-order valence-corrected chi connectivity index (χ2v) is 9.36. The second-order valence-electron chi connectivity index (χ2n) is 7.39. The number of phenols is 2. The summed E-state index contributed by atoms with van der Waals surface area (Å²) in [5.41, 5.74) is 6.35. The molecule has 0 spiro atoms. The first-order chi connectivity index (χ1) is 12.8. The van der Waals surface area contributed by atoms with Crippen molar-refractivity contribution in [2.45, 2.75) is 46.0 Å². The Bertz CT molecular complexity index is 1140. The molecule has 0 radical (unpaired) electrons. The number of phenolic OH excluding ortho intramolecular Hbond substituents is 2. The van der Waals surface area contributed by atoms with Crippen LogP contribution >= 0.6 is 22.7 Å². The lowest BCUT2D eigenvalue weighted by atomic mass is 9.97. The zero-order valence-electron chi connectivity index (χ0n) is 15.8. The molecule has 2 heterocycles. The van der Waals surface area contributed by atoms with Gasteiger partial charge in [-0.25, -0.2) is 9.97 Å². The molecular formula is C21H22N2O2S2. The van der Waals surface area contributed by atoms with Crippen LogP contribution in [0.1, 0.15) is 54.3 Å². The quantitative estimate of drug-likeness (QED) is 0.436. The highest BCUT2D eigenvalue weighted by Crippen LogP contribution is 2.39. The number of hydrogen-bond acceptors (Lipinski definition) is 6. The van der Waals surface area contributed by atoms with Gasteiger partial charge >= 0.3 is 0 Å². The van der Waals surface area contributed by atoms with Crippen molar-refractivity contribution >= 4 is 43.1 Å². The molecule has 1 atom stereocenters. The molecule has 6 heteroatoms. The highest BCUT2D eigenvalue weighted by atomic mass is 32.1. The minimum Gasteiger partial charge on any atom is -0.508 e. The van der Waals surface area contributed by atoms with Crippen molar-refractivity contribution in [1.82, 2.24) is 9.97 Å². The van der Waals surface area contributed by atoms with E-state index < -0.39 is 0 Å². The molecule has 0 saturated heterocycles. The van der Waals surface area contributed by atoms with E-state index in [2.05, 4.69) is 25.8 Å². The first-order valence-corrected chi connectivity index (χ1v) is 10.7. The van der Waals surface area contributed by atoms with Crippen LogP contribution < -0.4 is 0 Å². The Kier molecular flexibility index (Phi) is 4.56. The summed E-state index contributed by atoms with van der Waals surface area (Å²) in [6.45, 7) is 8.22. The zero-order chi connectivity index (χ0) is 19.3. The topological polar surface area (TPSA) is 66.2 Å². The van der Waals surface area contributed by atoms with Gasteiger partial charge in [0.05, 0.1) is 31.0 Å². The number of aromatic nitrogens is 2. The third-order valence-electron chi connectivity index (χ3n) is 5.07. The van der Waals surface area contributed by atoms with Gasteiger partial charge in [-0.2, -0.15) is 0 Å². The lowest BCUT2D eigenvalue weighted by Crippen LogP contribution is -1.98. The number of benzene rings is 2. The first-order valence-electron chi connectivity index (χ1n) is 9.03. The minimum absolute atomic E-state index is 0.135. The number of nitrogens with zero attached hydrogens (tertiary/aromatic N) is 2. The Labute approximate surface area is 166 Å². The lowest BCUT2D eigenvalue weighted by molar-refractivity contribution is 0.461. The molecule has 0 aliphatic heterocycles. The van der Waals surface area contributed by atoms with Gasteiger partial charge in [0, 0.05) is 18.1 Å². The van der Waals surface area contributed by atoms with E-state index in [0.717, 1.165) is 48.6 Å². The lowest BCUT2D eigenvalue weighted by Gasteiger charge is -2.12. The molecule has 4 rings (SSSR count). The molecule has 4 aromatic rings. The summed E-state index contributed by atoms with van der Waals surface area (Å²) in [7, 11) is 0. The van der Waals surface area contributed by atoms with E-state index in [9.17, 15) is 10.2 Å². The Balaban J connectivity index is 1.70. The maximum atomic E-state index is 10.5. The molecule has 0 fully saturated rings. The number of aryl methyl sites for hydroxylation is 1. The first kappa shape index (κ1) is 18.2. The van der Waals surface area contributed by atoms with Gasteiger partial charge in [0.1, 0.15) is 11.5 Å². The largest absolute Gasteiger partial charge is 0.508 e. The third kappa shape index (κ3) is 3.17. The van der Waals surface area contributed by atoms with Crippen LogP contribution in [-0.2, 0) is 6.42 Å². The van der Waals surface area contributed by atoms with E-state index in [1.54, 1.807) is 34.3 Å². The van der Waals surface area contributed by atoms with Crippen LogP contribution in [0.2, 0.25) is 0 Å². The predicted molar refractivity (Wildman–Crippen MR) is 114 cm³/mol. The summed E-state index contributed by atoms with van der Waals surface area (Å²) in [4.78, 5) is 9.08. The second kappa shape index (κ2) is 6.77. The van der Waals surface area contributed by atoms with E-state index in [0.29, 0.717) is 5.75 Å². The van der Waals surface area contributed by atoms with Crippen molar-refractivity contribution in [3.05, 3.63) is 45.4 Å². The molecule has 0 saturated carbocycles. The van der Waals surface area contributed by atoms with E-state index in [1.165, 1.54) is 0 Å². The predicted octanol–water partition coefficient (Wildman–Crippen LogP) is 6.10. The Morgan fingerprint density at radius 3 is 2.56 bits per heavy atom. The van der Waals surface area contributed by atoms with Crippen molar-refractivity contribution < 1.29 is 10.2 Å². The van der Waals surface area contributed by atoms with Crippen LogP contribution in [0, 0.1) is 6.92 Å². The molecule has 2 aromatic heterocycles. The highest BCUT2D eigenvalue weighted by Gasteiger charge is 2.19. The van der Waals surface area contributed by atoms with E-state index in [1.807, 2.05) is 19.1 Å². The molecule has 1 unspecified atom stereocenters. The molecule has 0 aliphatic carbocycles. The Hall–Kier alpha value is -2.18. The Morgan fingerprint density at radius 2 is 1.81 bits per heavy atom. The van der Waals surface area contributed by atoms with Crippen molar-refractivity contribution in [1.29, 1.82) is 0 Å². The summed E-state index contributed by atoms with van der Waals surface area (Å²) >= 11 is 3.21. The smallest absolute Gasteiger partial charge is 0.123 e. The van der Waals surface area contributed by atoms with Gasteiger partial charge in [-0.05, 0) is 42.0 Å². The SMILES string of the molecule is Cc1c(O)c(C(C)C)cc2nc(CC(C)c3cc4scnc4cc3O)sc12. The monoisotopic (exact) mass is 398 g/mol. The highest BCUT2D eigenvalue weighted by molar-refractivity contribution is 7.18. The fourth-order valence-corrected chi connectivity index (χ4v) is 5.37. The maximum absolute atomic E-state index is 10.5. The molecule has 0 aliphatic rings. The maximum Gasteiger partial charge on any atom is 0.123 e. The molecule has 4 nitrogen and oxygen atoms in total. The normalized spacial score (nSPS) is 13.1.